The molecule has 2 aromatic carbocycles. The van der Waals surface area contributed by atoms with Crippen LogP contribution in [0.15, 0.2) is 42.5 Å². The van der Waals surface area contributed by atoms with Crippen molar-refractivity contribution >= 4 is 5.69 Å². The number of halogens is 1. The molecule has 1 aliphatic rings. The first-order chi connectivity index (χ1) is 9.74. The number of hydrogen-bond acceptors (Lipinski definition) is 2. The van der Waals surface area contributed by atoms with Crippen LogP contribution in [-0.2, 0) is 13.0 Å². The molecule has 0 saturated heterocycles. The molecule has 3 N–H and O–H groups in total. The largest absolute Gasteiger partial charge is 0.399 e. The van der Waals surface area contributed by atoms with Crippen LogP contribution in [0.1, 0.15) is 35.6 Å². The lowest BCUT2D eigenvalue weighted by Gasteiger charge is -2.27. The molecule has 2 aromatic rings. The van der Waals surface area contributed by atoms with Gasteiger partial charge in [0.2, 0.25) is 0 Å². The van der Waals surface area contributed by atoms with Crippen molar-refractivity contribution in [2.24, 2.45) is 0 Å². The Morgan fingerprint density at radius 1 is 1.20 bits per heavy atom. The zero-order valence-corrected chi connectivity index (χ0v) is 11.4. The molecule has 1 aliphatic carbocycles. The Bertz CT molecular complexity index is 610. The monoisotopic (exact) mass is 270 g/mol. The van der Waals surface area contributed by atoms with Gasteiger partial charge >= 0.3 is 0 Å². The number of fused-ring (bicyclic) bond motifs is 1. The summed E-state index contributed by atoms with van der Waals surface area (Å²) in [5.74, 6) is -0.149. The standard InChI is InChI=1S/C17H19FN2/c18-16-6-2-1-4-13(16)11-20-17-7-3-5-12-8-9-14(19)10-15(12)17/h1-2,4,6,8-10,17,20H,3,5,7,11,19H2. The number of benzene rings is 2. The topological polar surface area (TPSA) is 38.0 Å². The fraction of sp³-hybridized carbons (Fsp3) is 0.294. The van der Waals surface area contributed by atoms with E-state index in [0.29, 0.717) is 12.1 Å². The van der Waals surface area contributed by atoms with Crippen molar-refractivity contribution in [3.63, 3.8) is 0 Å². The smallest absolute Gasteiger partial charge is 0.127 e. The summed E-state index contributed by atoms with van der Waals surface area (Å²) in [5.41, 5.74) is 10.0. The van der Waals surface area contributed by atoms with Crippen LogP contribution in [0.4, 0.5) is 10.1 Å². The number of hydrogen-bond donors (Lipinski definition) is 2. The molecule has 1 atom stereocenters. The normalized spacial score (nSPS) is 17.8. The number of nitrogens with one attached hydrogen (secondary N) is 1. The molecule has 0 bridgehead atoms. The highest BCUT2D eigenvalue weighted by molar-refractivity contribution is 5.47. The van der Waals surface area contributed by atoms with E-state index in [2.05, 4.69) is 11.4 Å². The molecule has 0 aliphatic heterocycles. The molecule has 20 heavy (non-hydrogen) atoms. The average molecular weight is 270 g/mol. The number of rotatable bonds is 3. The number of anilines is 1. The van der Waals surface area contributed by atoms with Gasteiger partial charge in [0.25, 0.3) is 0 Å². The summed E-state index contributed by atoms with van der Waals surface area (Å²) >= 11 is 0. The Balaban J connectivity index is 1.77. The van der Waals surface area contributed by atoms with E-state index in [-0.39, 0.29) is 11.9 Å². The Morgan fingerprint density at radius 2 is 2.05 bits per heavy atom. The third-order valence-corrected chi connectivity index (χ3v) is 3.98. The van der Waals surface area contributed by atoms with E-state index in [1.165, 1.54) is 17.2 Å². The Kier molecular flexibility index (Phi) is 3.70. The van der Waals surface area contributed by atoms with Gasteiger partial charge in [0.15, 0.2) is 0 Å². The van der Waals surface area contributed by atoms with Crippen LogP contribution in [0.3, 0.4) is 0 Å². The van der Waals surface area contributed by atoms with Crippen LogP contribution in [0.5, 0.6) is 0 Å². The summed E-state index contributed by atoms with van der Waals surface area (Å²) in [6.45, 7) is 0.547. The van der Waals surface area contributed by atoms with Gasteiger partial charge in [0, 0.05) is 23.8 Å². The quantitative estimate of drug-likeness (QED) is 0.837. The van der Waals surface area contributed by atoms with Gasteiger partial charge in [-0.3, -0.25) is 0 Å². The van der Waals surface area contributed by atoms with Gasteiger partial charge in [-0.2, -0.15) is 0 Å². The van der Waals surface area contributed by atoms with Crippen LogP contribution in [0.2, 0.25) is 0 Å². The first-order valence-electron chi connectivity index (χ1n) is 7.09. The molecule has 1 unspecified atom stereocenters. The van der Waals surface area contributed by atoms with Gasteiger partial charge in [-0.25, -0.2) is 4.39 Å². The third-order valence-electron chi connectivity index (χ3n) is 3.98. The lowest BCUT2D eigenvalue weighted by Crippen LogP contribution is -2.25. The summed E-state index contributed by atoms with van der Waals surface area (Å²) in [4.78, 5) is 0. The number of aryl methyl sites for hydroxylation is 1. The van der Waals surface area contributed by atoms with Gasteiger partial charge in [0.1, 0.15) is 5.82 Å². The fourth-order valence-corrected chi connectivity index (χ4v) is 2.90. The second-order valence-electron chi connectivity index (χ2n) is 5.38. The summed E-state index contributed by atoms with van der Waals surface area (Å²) in [6, 6.07) is 13.3. The van der Waals surface area contributed by atoms with Gasteiger partial charge in [-0.1, -0.05) is 24.3 Å². The van der Waals surface area contributed by atoms with Crippen LogP contribution >= 0.6 is 0 Å². The molecule has 0 heterocycles. The molecule has 0 radical (unpaired) electrons. The van der Waals surface area contributed by atoms with Crippen molar-refractivity contribution in [2.45, 2.75) is 31.8 Å². The molecule has 0 amide bonds. The molecule has 3 heteroatoms. The maximum Gasteiger partial charge on any atom is 0.127 e. The molecule has 3 rings (SSSR count). The number of nitrogen functional groups attached to an aromatic ring is 1. The highest BCUT2D eigenvalue weighted by atomic mass is 19.1. The van der Waals surface area contributed by atoms with Gasteiger partial charge < -0.3 is 11.1 Å². The molecule has 104 valence electrons. The lowest BCUT2D eigenvalue weighted by atomic mass is 9.87. The van der Waals surface area contributed by atoms with Crippen molar-refractivity contribution in [1.29, 1.82) is 0 Å². The predicted molar refractivity (Wildman–Crippen MR) is 79.8 cm³/mol. The van der Waals surface area contributed by atoms with Crippen molar-refractivity contribution in [2.75, 3.05) is 5.73 Å². The molecular weight excluding hydrogens is 251 g/mol. The van der Waals surface area contributed by atoms with Gasteiger partial charge in [-0.15, -0.1) is 0 Å². The first-order valence-corrected chi connectivity index (χ1v) is 7.09. The first kappa shape index (κ1) is 13.1. The van der Waals surface area contributed by atoms with E-state index in [9.17, 15) is 4.39 Å². The second-order valence-corrected chi connectivity index (χ2v) is 5.38. The molecule has 0 saturated carbocycles. The third kappa shape index (κ3) is 2.68. The molecule has 0 fully saturated rings. The molecule has 2 nitrogen and oxygen atoms in total. The zero-order valence-electron chi connectivity index (χ0n) is 11.4. The van der Waals surface area contributed by atoms with Crippen molar-refractivity contribution in [3.05, 3.63) is 65.0 Å². The summed E-state index contributed by atoms with van der Waals surface area (Å²) < 4.78 is 13.6. The predicted octanol–water partition coefficient (Wildman–Crippen LogP) is 3.58. The fourth-order valence-electron chi connectivity index (χ4n) is 2.90. The Hall–Kier alpha value is -1.87. The van der Waals surface area contributed by atoms with Crippen LogP contribution in [0.25, 0.3) is 0 Å². The van der Waals surface area contributed by atoms with Crippen molar-refractivity contribution in [1.82, 2.24) is 5.32 Å². The van der Waals surface area contributed by atoms with Crippen LogP contribution in [0, 0.1) is 5.82 Å². The minimum absolute atomic E-state index is 0.149. The maximum atomic E-state index is 13.6. The van der Waals surface area contributed by atoms with Crippen molar-refractivity contribution < 1.29 is 4.39 Å². The van der Waals surface area contributed by atoms with E-state index < -0.39 is 0 Å². The molecular formula is C17H19FN2. The zero-order chi connectivity index (χ0) is 13.9. The van der Waals surface area contributed by atoms with Gasteiger partial charge in [0.05, 0.1) is 0 Å². The van der Waals surface area contributed by atoms with Crippen LogP contribution < -0.4 is 11.1 Å². The summed E-state index contributed by atoms with van der Waals surface area (Å²) in [5, 5.41) is 3.47. The lowest BCUT2D eigenvalue weighted by molar-refractivity contribution is 0.453. The molecule has 0 aromatic heterocycles. The minimum atomic E-state index is -0.149. The van der Waals surface area contributed by atoms with E-state index in [1.807, 2.05) is 24.3 Å². The van der Waals surface area contributed by atoms with E-state index in [1.54, 1.807) is 6.07 Å². The Labute approximate surface area is 118 Å². The molecule has 0 spiro atoms. The van der Waals surface area contributed by atoms with Crippen LogP contribution in [-0.4, -0.2) is 0 Å². The number of nitrogens with two attached hydrogens (primary N) is 1. The van der Waals surface area contributed by atoms with Gasteiger partial charge in [-0.05, 0) is 48.6 Å². The second kappa shape index (κ2) is 5.63. The average Bonchev–Trinajstić information content (AvgIpc) is 2.46. The minimum Gasteiger partial charge on any atom is -0.399 e. The van der Waals surface area contributed by atoms with E-state index in [4.69, 9.17) is 5.73 Å². The summed E-state index contributed by atoms with van der Waals surface area (Å²) in [6.07, 6.45) is 3.34. The highest BCUT2D eigenvalue weighted by Gasteiger charge is 2.20. The maximum absolute atomic E-state index is 13.6. The van der Waals surface area contributed by atoms with E-state index in [0.717, 1.165) is 24.9 Å². The SMILES string of the molecule is Nc1ccc2c(c1)C(NCc1ccccc1F)CCC2. The van der Waals surface area contributed by atoms with Crippen molar-refractivity contribution in [3.8, 4) is 0 Å². The summed E-state index contributed by atoms with van der Waals surface area (Å²) in [7, 11) is 0. The Morgan fingerprint density at radius 3 is 2.90 bits per heavy atom. The highest BCUT2D eigenvalue weighted by Crippen LogP contribution is 2.31. The van der Waals surface area contributed by atoms with E-state index >= 15 is 0 Å².